The molecule has 0 aromatic heterocycles. The summed E-state index contributed by atoms with van der Waals surface area (Å²) in [6.07, 6.45) is 1.75. The molecule has 1 saturated carbocycles. The number of carbonyl (C=O) groups excluding carboxylic acids is 2. The highest BCUT2D eigenvalue weighted by molar-refractivity contribution is 5.82. The van der Waals surface area contributed by atoms with Crippen molar-refractivity contribution >= 4 is 11.9 Å². The third kappa shape index (κ3) is 1.47. The lowest BCUT2D eigenvalue weighted by atomic mass is 9.79. The molecular formula is C11H11NO4. The molecule has 16 heavy (non-hydrogen) atoms. The average Bonchev–Trinajstić information content (AvgIpc) is 2.56. The standard InChI is InChI=1S/C11H11NO4/c1-2-9(13)15-8-4-3-7-5-11(8,6-12)16-10(7)14/h2,7-8H,1,3-5H2. The highest BCUT2D eigenvalue weighted by atomic mass is 16.6. The lowest BCUT2D eigenvalue weighted by Crippen LogP contribution is -2.45. The van der Waals surface area contributed by atoms with E-state index in [1.807, 2.05) is 6.07 Å². The molecule has 0 aromatic carbocycles. The van der Waals surface area contributed by atoms with Gasteiger partial charge in [-0.3, -0.25) is 4.79 Å². The van der Waals surface area contributed by atoms with Crippen molar-refractivity contribution in [2.24, 2.45) is 5.92 Å². The molecule has 3 unspecified atom stereocenters. The van der Waals surface area contributed by atoms with Crippen LogP contribution in [-0.2, 0) is 19.1 Å². The van der Waals surface area contributed by atoms with Gasteiger partial charge in [-0.15, -0.1) is 0 Å². The lowest BCUT2D eigenvalue weighted by Gasteiger charge is -2.31. The minimum Gasteiger partial charge on any atom is -0.454 e. The van der Waals surface area contributed by atoms with E-state index in [4.69, 9.17) is 14.7 Å². The summed E-state index contributed by atoms with van der Waals surface area (Å²) < 4.78 is 10.1. The van der Waals surface area contributed by atoms with E-state index in [0.717, 1.165) is 6.08 Å². The van der Waals surface area contributed by atoms with E-state index in [0.29, 0.717) is 19.3 Å². The van der Waals surface area contributed by atoms with Crippen LogP contribution < -0.4 is 0 Å². The Labute approximate surface area is 92.6 Å². The number of nitriles is 1. The maximum Gasteiger partial charge on any atom is 0.330 e. The van der Waals surface area contributed by atoms with E-state index >= 15 is 0 Å². The molecule has 2 rings (SSSR count). The maximum atomic E-state index is 11.4. The van der Waals surface area contributed by atoms with Crippen LogP contribution in [0.2, 0.25) is 0 Å². The molecule has 84 valence electrons. The third-order valence-corrected chi connectivity index (χ3v) is 3.08. The van der Waals surface area contributed by atoms with Gasteiger partial charge in [-0.2, -0.15) is 5.26 Å². The minimum atomic E-state index is -1.28. The topological polar surface area (TPSA) is 76.4 Å². The van der Waals surface area contributed by atoms with Crippen molar-refractivity contribution < 1.29 is 19.1 Å². The summed E-state index contributed by atoms with van der Waals surface area (Å²) in [5.74, 6) is -1.18. The van der Waals surface area contributed by atoms with Gasteiger partial charge in [0.05, 0.1) is 5.92 Å². The zero-order valence-corrected chi connectivity index (χ0v) is 8.64. The first-order chi connectivity index (χ1) is 7.61. The molecule has 5 heteroatoms. The first-order valence-corrected chi connectivity index (χ1v) is 5.08. The van der Waals surface area contributed by atoms with Crippen molar-refractivity contribution in [1.29, 1.82) is 5.26 Å². The fourth-order valence-electron chi connectivity index (χ4n) is 2.24. The van der Waals surface area contributed by atoms with Gasteiger partial charge in [0.2, 0.25) is 5.60 Å². The van der Waals surface area contributed by atoms with Crippen molar-refractivity contribution in [3.05, 3.63) is 12.7 Å². The number of hydrogen-bond donors (Lipinski definition) is 0. The van der Waals surface area contributed by atoms with Gasteiger partial charge in [-0.05, 0) is 12.8 Å². The van der Waals surface area contributed by atoms with Gasteiger partial charge >= 0.3 is 11.9 Å². The highest BCUT2D eigenvalue weighted by Gasteiger charge is 2.57. The molecule has 5 nitrogen and oxygen atoms in total. The van der Waals surface area contributed by atoms with E-state index in [2.05, 4.69) is 6.58 Å². The molecule has 1 heterocycles. The van der Waals surface area contributed by atoms with Crippen LogP contribution in [0.5, 0.6) is 0 Å². The molecule has 0 N–H and O–H groups in total. The van der Waals surface area contributed by atoms with Crippen LogP contribution in [0.15, 0.2) is 12.7 Å². The van der Waals surface area contributed by atoms with Crippen LogP contribution in [0.4, 0.5) is 0 Å². The maximum absolute atomic E-state index is 11.4. The van der Waals surface area contributed by atoms with Crippen molar-refractivity contribution in [2.75, 3.05) is 0 Å². The molecule has 1 aliphatic heterocycles. The van der Waals surface area contributed by atoms with Gasteiger partial charge < -0.3 is 9.47 Å². The summed E-state index contributed by atoms with van der Waals surface area (Å²) in [5.41, 5.74) is -1.28. The van der Waals surface area contributed by atoms with Crippen molar-refractivity contribution in [2.45, 2.75) is 31.0 Å². The number of rotatable bonds is 2. The smallest absolute Gasteiger partial charge is 0.330 e. The zero-order valence-electron chi connectivity index (χ0n) is 8.64. The van der Waals surface area contributed by atoms with E-state index in [1.165, 1.54) is 0 Å². The molecular weight excluding hydrogens is 210 g/mol. The lowest BCUT2D eigenvalue weighted by molar-refractivity contribution is -0.164. The highest BCUT2D eigenvalue weighted by Crippen LogP contribution is 2.43. The molecule has 0 spiro atoms. The van der Waals surface area contributed by atoms with E-state index < -0.39 is 17.7 Å². The molecule has 2 bridgehead atoms. The first kappa shape index (κ1) is 10.7. The Morgan fingerprint density at radius 2 is 2.44 bits per heavy atom. The van der Waals surface area contributed by atoms with Gasteiger partial charge in [0, 0.05) is 12.5 Å². The SMILES string of the molecule is C=CC(=O)OC1CCC2CC1(C#N)OC2=O. The quantitative estimate of drug-likeness (QED) is 0.506. The Morgan fingerprint density at radius 1 is 1.69 bits per heavy atom. The molecule has 3 atom stereocenters. The number of hydrogen-bond acceptors (Lipinski definition) is 5. The number of esters is 2. The Kier molecular flexibility index (Phi) is 2.43. The van der Waals surface area contributed by atoms with Crippen molar-refractivity contribution in [3.63, 3.8) is 0 Å². The summed E-state index contributed by atoms with van der Waals surface area (Å²) >= 11 is 0. The van der Waals surface area contributed by atoms with Crippen LogP contribution >= 0.6 is 0 Å². The monoisotopic (exact) mass is 221 g/mol. The number of carbonyl (C=O) groups is 2. The first-order valence-electron chi connectivity index (χ1n) is 5.08. The predicted molar refractivity (Wildman–Crippen MR) is 51.9 cm³/mol. The second-order valence-corrected chi connectivity index (χ2v) is 4.03. The second-order valence-electron chi connectivity index (χ2n) is 4.03. The average molecular weight is 221 g/mol. The van der Waals surface area contributed by atoms with Crippen LogP contribution in [0.25, 0.3) is 0 Å². The molecule has 0 radical (unpaired) electrons. The Hall–Kier alpha value is -1.83. The fraction of sp³-hybridized carbons (Fsp3) is 0.545. The number of ether oxygens (including phenoxy) is 2. The molecule has 1 aliphatic carbocycles. The van der Waals surface area contributed by atoms with Crippen molar-refractivity contribution in [1.82, 2.24) is 0 Å². The molecule has 2 aliphatic rings. The van der Waals surface area contributed by atoms with E-state index in [1.54, 1.807) is 0 Å². The summed E-state index contributed by atoms with van der Waals surface area (Å²) in [7, 11) is 0. The molecule has 2 fully saturated rings. The minimum absolute atomic E-state index is 0.224. The number of fused-ring (bicyclic) bond motifs is 2. The van der Waals surface area contributed by atoms with Crippen molar-refractivity contribution in [3.8, 4) is 6.07 Å². The predicted octanol–water partition coefficient (Wildman–Crippen LogP) is 0.703. The third-order valence-electron chi connectivity index (χ3n) is 3.08. The Balaban J connectivity index is 2.21. The largest absolute Gasteiger partial charge is 0.454 e. The van der Waals surface area contributed by atoms with Gasteiger partial charge in [0.25, 0.3) is 0 Å². The Morgan fingerprint density at radius 3 is 3.06 bits per heavy atom. The van der Waals surface area contributed by atoms with Gasteiger partial charge in [0.1, 0.15) is 6.07 Å². The van der Waals surface area contributed by atoms with Gasteiger partial charge in [0.15, 0.2) is 6.10 Å². The fourth-order valence-corrected chi connectivity index (χ4v) is 2.24. The summed E-state index contributed by atoms with van der Waals surface area (Å²) in [5, 5.41) is 9.10. The molecule has 0 aromatic rings. The van der Waals surface area contributed by atoms with Crippen LogP contribution in [0.1, 0.15) is 19.3 Å². The van der Waals surface area contributed by atoms with Crippen LogP contribution in [0, 0.1) is 17.2 Å². The Bertz CT molecular complexity index is 397. The van der Waals surface area contributed by atoms with E-state index in [9.17, 15) is 9.59 Å². The summed E-state index contributed by atoms with van der Waals surface area (Å²) in [6.45, 7) is 3.29. The van der Waals surface area contributed by atoms with Gasteiger partial charge in [-0.1, -0.05) is 6.58 Å². The van der Waals surface area contributed by atoms with E-state index in [-0.39, 0.29) is 11.9 Å². The molecule has 1 saturated heterocycles. The normalized spacial score (nSPS) is 36.1. The van der Waals surface area contributed by atoms with Crippen LogP contribution in [0.3, 0.4) is 0 Å². The second kappa shape index (κ2) is 3.63. The van der Waals surface area contributed by atoms with Crippen LogP contribution in [-0.4, -0.2) is 23.6 Å². The summed E-state index contributed by atoms with van der Waals surface area (Å²) in [6, 6.07) is 1.96. The number of nitrogens with zero attached hydrogens (tertiary/aromatic N) is 1. The zero-order chi connectivity index (χ0) is 11.8. The summed E-state index contributed by atoms with van der Waals surface area (Å²) in [4.78, 5) is 22.5. The van der Waals surface area contributed by atoms with Gasteiger partial charge in [-0.25, -0.2) is 4.79 Å². The molecule has 0 amide bonds.